The van der Waals surface area contributed by atoms with Crippen LogP contribution in [0.3, 0.4) is 0 Å². The molecule has 7 heteroatoms. The van der Waals surface area contributed by atoms with E-state index in [1.807, 2.05) is 35.9 Å². The molecule has 0 bridgehead atoms. The highest BCUT2D eigenvalue weighted by atomic mass is 35.5. The van der Waals surface area contributed by atoms with E-state index in [9.17, 15) is 9.59 Å². The van der Waals surface area contributed by atoms with Crippen LogP contribution < -0.4 is 5.32 Å². The van der Waals surface area contributed by atoms with Crippen LogP contribution in [-0.4, -0.2) is 27.0 Å². The number of nitrogens with zero attached hydrogens (tertiary/aromatic N) is 2. The molecule has 2 aromatic carbocycles. The number of carbonyl (C=O) groups is 2. The Kier molecular flexibility index (Phi) is 5.98. The zero-order chi connectivity index (χ0) is 19.4. The SMILES string of the molecule is CC(=O)c1ccc(NC(=O)CSc2nccn2-c2cccc(Cl)c2C)cc1. The summed E-state index contributed by atoms with van der Waals surface area (Å²) in [6.45, 7) is 3.46. The Balaban J connectivity index is 1.65. The van der Waals surface area contributed by atoms with Crippen molar-refractivity contribution in [3.05, 3.63) is 71.0 Å². The summed E-state index contributed by atoms with van der Waals surface area (Å²) in [5.74, 6) is 0.0602. The number of amides is 1. The monoisotopic (exact) mass is 399 g/mol. The number of carbonyl (C=O) groups excluding carboxylic acids is 2. The van der Waals surface area contributed by atoms with Crippen LogP contribution in [0, 0.1) is 6.92 Å². The number of imidazole rings is 1. The molecule has 0 spiro atoms. The molecule has 1 aromatic heterocycles. The number of hydrogen-bond donors (Lipinski definition) is 1. The van der Waals surface area contributed by atoms with Gasteiger partial charge in [-0.1, -0.05) is 29.4 Å². The number of thioether (sulfide) groups is 1. The summed E-state index contributed by atoms with van der Waals surface area (Å²) in [6.07, 6.45) is 3.54. The summed E-state index contributed by atoms with van der Waals surface area (Å²) in [5, 5.41) is 4.22. The molecule has 0 atom stereocenters. The second-order valence-corrected chi connectivity index (χ2v) is 7.28. The van der Waals surface area contributed by atoms with Gasteiger partial charge in [-0.2, -0.15) is 0 Å². The van der Waals surface area contributed by atoms with E-state index in [1.165, 1.54) is 18.7 Å². The van der Waals surface area contributed by atoms with Gasteiger partial charge in [0.1, 0.15) is 0 Å². The van der Waals surface area contributed by atoms with Crippen LogP contribution in [0.5, 0.6) is 0 Å². The molecule has 1 N–H and O–H groups in total. The molecule has 0 saturated carbocycles. The third-order valence-electron chi connectivity index (χ3n) is 4.01. The fourth-order valence-electron chi connectivity index (χ4n) is 2.55. The first-order valence-corrected chi connectivity index (χ1v) is 9.64. The number of anilines is 1. The number of Topliss-reactive ketones (excluding diaryl/α,β-unsaturated/α-hetero) is 1. The summed E-state index contributed by atoms with van der Waals surface area (Å²) >= 11 is 7.55. The average Bonchev–Trinajstić information content (AvgIpc) is 3.11. The number of halogens is 1. The molecule has 1 heterocycles. The lowest BCUT2D eigenvalue weighted by molar-refractivity contribution is -0.113. The van der Waals surface area contributed by atoms with E-state index >= 15 is 0 Å². The normalized spacial score (nSPS) is 10.6. The predicted molar refractivity (Wildman–Crippen MR) is 109 cm³/mol. The molecule has 3 rings (SSSR count). The first-order valence-electron chi connectivity index (χ1n) is 8.28. The van der Waals surface area contributed by atoms with E-state index in [1.54, 1.807) is 30.5 Å². The molecule has 3 aromatic rings. The third kappa shape index (κ3) is 4.59. The van der Waals surface area contributed by atoms with Gasteiger partial charge in [-0.25, -0.2) is 4.98 Å². The Morgan fingerprint density at radius 3 is 2.63 bits per heavy atom. The number of rotatable bonds is 6. The first-order chi connectivity index (χ1) is 13.0. The quantitative estimate of drug-likeness (QED) is 0.479. The van der Waals surface area contributed by atoms with Crippen LogP contribution in [0.1, 0.15) is 22.8 Å². The van der Waals surface area contributed by atoms with Crippen molar-refractivity contribution in [3.8, 4) is 5.69 Å². The van der Waals surface area contributed by atoms with E-state index in [0.29, 0.717) is 21.4 Å². The van der Waals surface area contributed by atoms with E-state index in [2.05, 4.69) is 10.3 Å². The zero-order valence-electron chi connectivity index (χ0n) is 14.9. The van der Waals surface area contributed by atoms with Crippen molar-refractivity contribution < 1.29 is 9.59 Å². The molecule has 1 amide bonds. The van der Waals surface area contributed by atoms with E-state index in [0.717, 1.165) is 11.3 Å². The lowest BCUT2D eigenvalue weighted by Gasteiger charge is -2.11. The Hall–Kier alpha value is -2.57. The van der Waals surface area contributed by atoms with Crippen LogP contribution >= 0.6 is 23.4 Å². The summed E-state index contributed by atoms with van der Waals surface area (Å²) in [5.41, 5.74) is 3.15. The van der Waals surface area contributed by atoms with Crippen molar-refractivity contribution in [2.24, 2.45) is 0 Å². The van der Waals surface area contributed by atoms with Crippen LogP contribution in [0.25, 0.3) is 5.69 Å². The number of nitrogens with one attached hydrogen (secondary N) is 1. The highest BCUT2D eigenvalue weighted by molar-refractivity contribution is 7.99. The Labute approximate surface area is 166 Å². The average molecular weight is 400 g/mol. The second kappa shape index (κ2) is 8.41. The third-order valence-corrected chi connectivity index (χ3v) is 5.39. The smallest absolute Gasteiger partial charge is 0.234 e. The van der Waals surface area contributed by atoms with Gasteiger partial charge in [-0.3, -0.25) is 14.2 Å². The van der Waals surface area contributed by atoms with Gasteiger partial charge in [0.25, 0.3) is 0 Å². The Morgan fingerprint density at radius 1 is 1.19 bits per heavy atom. The molecular weight excluding hydrogens is 382 g/mol. The maximum atomic E-state index is 12.2. The van der Waals surface area contributed by atoms with Gasteiger partial charge in [0.15, 0.2) is 10.9 Å². The molecule has 5 nitrogen and oxygen atoms in total. The lowest BCUT2D eigenvalue weighted by atomic mass is 10.1. The summed E-state index contributed by atoms with van der Waals surface area (Å²) in [4.78, 5) is 27.9. The minimum atomic E-state index is -0.145. The van der Waals surface area contributed by atoms with Gasteiger partial charge in [-0.05, 0) is 55.8 Å². The van der Waals surface area contributed by atoms with Crippen LogP contribution in [-0.2, 0) is 4.79 Å². The molecule has 0 saturated heterocycles. The minimum Gasteiger partial charge on any atom is -0.325 e. The lowest BCUT2D eigenvalue weighted by Crippen LogP contribution is -2.14. The summed E-state index contributed by atoms with van der Waals surface area (Å²) in [7, 11) is 0. The van der Waals surface area contributed by atoms with Crippen molar-refractivity contribution in [1.29, 1.82) is 0 Å². The van der Waals surface area contributed by atoms with E-state index in [4.69, 9.17) is 11.6 Å². The zero-order valence-corrected chi connectivity index (χ0v) is 16.5. The molecule has 138 valence electrons. The molecule has 0 unspecified atom stereocenters. The molecular formula is C20H18ClN3O2S. The predicted octanol–water partition coefficient (Wildman–Crippen LogP) is 4.77. The van der Waals surface area contributed by atoms with Crippen LogP contribution in [0.4, 0.5) is 5.69 Å². The minimum absolute atomic E-state index is 0.00780. The van der Waals surface area contributed by atoms with Gasteiger partial charge in [-0.15, -0.1) is 0 Å². The second-order valence-electron chi connectivity index (χ2n) is 5.93. The van der Waals surface area contributed by atoms with Gasteiger partial charge in [0.2, 0.25) is 5.91 Å². The maximum absolute atomic E-state index is 12.2. The van der Waals surface area contributed by atoms with Gasteiger partial charge in [0.05, 0.1) is 11.4 Å². The van der Waals surface area contributed by atoms with Crippen molar-refractivity contribution in [1.82, 2.24) is 9.55 Å². The topological polar surface area (TPSA) is 64.0 Å². The van der Waals surface area contributed by atoms with Gasteiger partial charge in [0, 0.05) is 28.7 Å². The standard InChI is InChI=1S/C20H18ClN3O2S/c1-13-17(21)4-3-5-18(13)24-11-10-22-20(24)27-12-19(26)23-16-8-6-15(7-9-16)14(2)25/h3-11H,12H2,1-2H3,(H,23,26). The van der Waals surface area contributed by atoms with E-state index < -0.39 is 0 Å². The highest BCUT2D eigenvalue weighted by Crippen LogP contribution is 2.26. The molecule has 27 heavy (non-hydrogen) atoms. The molecule has 0 aliphatic carbocycles. The van der Waals surface area contributed by atoms with E-state index in [-0.39, 0.29) is 17.4 Å². The molecule has 0 radical (unpaired) electrons. The summed E-state index contributed by atoms with van der Waals surface area (Å²) in [6, 6.07) is 12.5. The fraction of sp³-hybridized carbons (Fsp3) is 0.150. The van der Waals surface area contributed by atoms with Crippen molar-refractivity contribution in [3.63, 3.8) is 0 Å². The highest BCUT2D eigenvalue weighted by Gasteiger charge is 2.12. The summed E-state index contributed by atoms with van der Waals surface area (Å²) < 4.78 is 1.92. The fourth-order valence-corrected chi connectivity index (χ4v) is 3.49. The molecule has 0 fully saturated rings. The molecule has 0 aliphatic rings. The first kappa shape index (κ1) is 19.2. The number of hydrogen-bond acceptors (Lipinski definition) is 4. The van der Waals surface area contributed by atoms with Crippen LogP contribution in [0.15, 0.2) is 60.0 Å². The van der Waals surface area contributed by atoms with Crippen molar-refractivity contribution in [2.45, 2.75) is 19.0 Å². The molecule has 0 aliphatic heterocycles. The number of benzene rings is 2. The largest absolute Gasteiger partial charge is 0.325 e. The number of aromatic nitrogens is 2. The Morgan fingerprint density at radius 2 is 1.93 bits per heavy atom. The van der Waals surface area contributed by atoms with Crippen LogP contribution in [0.2, 0.25) is 5.02 Å². The van der Waals surface area contributed by atoms with Gasteiger partial charge < -0.3 is 5.32 Å². The Bertz CT molecular complexity index is 983. The number of ketones is 1. The van der Waals surface area contributed by atoms with Gasteiger partial charge >= 0.3 is 0 Å². The van der Waals surface area contributed by atoms with Crippen molar-refractivity contribution >= 4 is 40.7 Å². The maximum Gasteiger partial charge on any atom is 0.234 e. The van der Waals surface area contributed by atoms with Crippen molar-refractivity contribution in [2.75, 3.05) is 11.1 Å².